The number of halogens is 1. The molecule has 5 rings (SSSR count). The van der Waals surface area contributed by atoms with Gasteiger partial charge in [-0.05, 0) is 49.4 Å². The summed E-state index contributed by atoms with van der Waals surface area (Å²) in [5, 5.41) is 13.4. The lowest BCUT2D eigenvalue weighted by Gasteiger charge is -2.25. The minimum Gasteiger partial charge on any atom is -0.476 e. The number of carbonyl (C=O) groups is 2. The second-order valence-electron chi connectivity index (χ2n) is 10.2. The van der Waals surface area contributed by atoms with Crippen LogP contribution in [0.3, 0.4) is 0 Å². The first-order valence-electron chi connectivity index (χ1n) is 12.1. The third-order valence-electron chi connectivity index (χ3n) is 7.44. The summed E-state index contributed by atoms with van der Waals surface area (Å²) in [6.45, 7) is 5.14. The quantitative estimate of drug-likeness (QED) is 0.472. The van der Waals surface area contributed by atoms with Gasteiger partial charge in [0.05, 0.1) is 22.6 Å². The molecule has 0 radical (unpaired) electrons. The van der Waals surface area contributed by atoms with E-state index in [2.05, 4.69) is 15.2 Å². The van der Waals surface area contributed by atoms with E-state index in [1.54, 1.807) is 36.7 Å². The maximum Gasteiger partial charge on any atom is 0.356 e. The average Bonchev–Trinajstić information content (AvgIpc) is 3.33. The van der Waals surface area contributed by atoms with E-state index in [0.29, 0.717) is 35.6 Å². The van der Waals surface area contributed by atoms with Crippen LogP contribution >= 0.6 is 11.6 Å². The third kappa shape index (κ3) is 4.29. The highest BCUT2D eigenvalue weighted by molar-refractivity contribution is 6.29. The van der Waals surface area contributed by atoms with Crippen molar-refractivity contribution in [3.8, 4) is 0 Å². The van der Waals surface area contributed by atoms with Crippen LogP contribution in [0, 0.1) is 24.7 Å². The smallest absolute Gasteiger partial charge is 0.356 e. The normalized spacial score (nSPS) is 21.0. The Balaban J connectivity index is 1.51. The van der Waals surface area contributed by atoms with E-state index in [9.17, 15) is 19.5 Å². The summed E-state index contributed by atoms with van der Waals surface area (Å²) >= 11 is 5.91. The minimum atomic E-state index is -1.20. The fraction of sp³-hybridized carbons (Fsp3) is 0.423. The maximum absolute atomic E-state index is 13.4. The molecule has 2 aromatic heterocycles. The molecule has 1 aliphatic heterocycles. The van der Waals surface area contributed by atoms with Gasteiger partial charge in [0.15, 0.2) is 5.69 Å². The molecule has 2 fully saturated rings. The van der Waals surface area contributed by atoms with E-state index in [4.69, 9.17) is 16.6 Å². The molecule has 3 atom stereocenters. The number of benzene rings is 1. The van der Waals surface area contributed by atoms with Crippen molar-refractivity contribution in [1.29, 1.82) is 0 Å². The molecule has 1 aromatic carbocycles. The van der Waals surface area contributed by atoms with E-state index in [1.807, 2.05) is 26.0 Å². The first kappa shape index (κ1) is 25.0. The van der Waals surface area contributed by atoms with Gasteiger partial charge in [0.2, 0.25) is 11.9 Å². The fourth-order valence-corrected chi connectivity index (χ4v) is 5.68. The summed E-state index contributed by atoms with van der Waals surface area (Å²) < 4.78 is 1.57. The van der Waals surface area contributed by atoms with Gasteiger partial charge in [0.1, 0.15) is 5.15 Å². The minimum absolute atomic E-state index is 0.0441. The number of aromatic nitrogens is 3. The number of carbonyl (C=O) groups excluding carboxylic acids is 1. The molecule has 1 saturated heterocycles. The molecule has 3 heterocycles. The van der Waals surface area contributed by atoms with Crippen LogP contribution < -0.4 is 15.8 Å². The van der Waals surface area contributed by atoms with Gasteiger partial charge in [-0.1, -0.05) is 17.7 Å². The molecule has 37 heavy (non-hydrogen) atoms. The summed E-state index contributed by atoms with van der Waals surface area (Å²) in [6.07, 6.45) is 0. The van der Waals surface area contributed by atoms with E-state index < -0.39 is 5.97 Å². The first-order valence-corrected chi connectivity index (χ1v) is 12.5. The molecular weight excluding hydrogens is 496 g/mol. The van der Waals surface area contributed by atoms with E-state index in [0.717, 1.165) is 11.1 Å². The molecule has 1 saturated carbocycles. The SMILES string of the molecule is Cc1cc([C@@H](C)Nc2ccc(Cl)nc2C(=O)O)c2nc(N3C[C@H]4C(C(=O)N(C)C)[C@@H]4C3)n(C)c(=O)c2c1. The zero-order valence-corrected chi connectivity index (χ0v) is 22.1. The van der Waals surface area contributed by atoms with Gasteiger partial charge in [0, 0.05) is 45.7 Å². The molecule has 11 heteroatoms. The van der Waals surface area contributed by atoms with Crippen LogP contribution in [0.4, 0.5) is 11.6 Å². The molecule has 2 N–H and O–H groups in total. The highest BCUT2D eigenvalue weighted by Gasteiger charge is 2.60. The van der Waals surface area contributed by atoms with Crippen molar-refractivity contribution in [3.63, 3.8) is 0 Å². The zero-order chi connectivity index (χ0) is 26.8. The van der Waals surface area contributed by atoms with Crippen molar-refractivity contribution in [2.75, 3.05) is 37.4 Å². The van der Waals surface area contributed by atoms with Crippen LogP contribution in [-0.4, -0.2) is 63.6 Å². The van der Waals surface area contributed by atoms with Crippen LogP contribution in [0.5, 0.6) is 0 Å². The molecule has 1 aliphatic carbocycles. The van der Waals surface area contributed by atoms with Gasteiger partial charge in [-0.3, -0.25) is 14.2 Å². The highest BCUT2D eigenvalue weighted by atomic mass is 35.5. The Kier molecular flexibility index (Phi) is 6.10. The number of rotatable bonds is 6. The summed E-state index contributed by atoms with van der Waals surface area (Å²) in [5.41, 5.74) is 2.20. The molecule has 3 aromatic rings. The van der Waals surface area contributed by atoms with Gasteiger partial charge in [0.25, 0.3) is 5.56 Å². The number of nitrogens with zero attached hydrogens (tertiary/aromatic N) is 5. The number of anilines is 2. The molecule has 0 unspecified atom stereocenters. The fourth-order valence-electron chi connectivity index (χ4n) is 5.53. The predicted octanol–water partition coefficient (Wildman–Crippen LogP) is 2.93. The number of amides is 1. The van der Waals surface area contributed by atoms with Gasteiger partial charge in [-0.2, -0.15) is 0 Å². The molecule has 0 bridgehead atoms. The molecular formula is C26H29ClN6O4. The Labute approximate surface area is 218 Å². The van der Waals surface area contributed by atoms with Crippen molar-refractivity contribution in [1.82, 2.24) is 19.4 Å². The van der Waals surface area contributed by atoms with Gasteiger partial charge >= 0.3 is 5.97 Å². The number of carboxylic acid groups (broad SMARTS) is 1. The number of hydrogen-bond acceptors (Lipinski definition) is 7. The van der Waals surface area contributed by atoms with Crippen LogP contribution in [0.25, 0.3) is 10.9 Å². The molecule has 10 nitrogen and oxygen atoms in total. The van der Waals surface area contributed by atoms with Crippen molar-refractivity contribution in [2.45, 2.75) is 19.9 Å². The standard InChI is InChI=1S/C26H29ClN6O4/c1-12-8-14(13(2)28-18-6-7-19(27)29-22(18)25(36)37)21-15(9-12)23(34)32(5)26(30-21)33-10-16-17(11-33)20(16)24(35)31(3)4/h6-9,13,16-17,20,28H,10-11H2,1-5H3,(H,36,37)/t13-,16-,17-/m1/s1. The van der Waals surface area contributed by atoms with Gasteiger partial charge < -0.3 is 20.2 Å². The van der Waals surface area contributed by atoms with E-state index in [-0.39, 0.29) is 46.1 Å². The van der Waals surface area contributed by atoms with Crippen LogP contribution in [0.2, 0.25) is 5.15 Å². The number of aromatic carboxylic acids is 1. The van der Waals surface area contributed by atoms with Crippen molar-refractivity contribution < 1.29 is 14.7 Å². The largest absolute Gasteiger partial charge is 0.476 e. The van der Waals surface area contributed by atoms with Crippen molar-refractivity contribution in [2.24, 2.45) is 24.8 Å². The van der Waals surface area contributed by atoms with Crippen LogP contribution in [0.1, 0.15) is 34.6 Å². The third-order valence-corrected chi connectivity index (χ3v) is 7.65. The molecule has 1 amide bonds. The number of pyridine rings is 1. The topological polar surface area (TPSA) is 121 Å². The van der Waals surface area contributed by atoms with Gasteiger partial charge in [-0.25, -0.2) is 14.8 Å². The average molecular weight is 525 g/mol. The lowest BCUT2D eigenvalue weighted by Crippen LogP contribution is -2.35. The second-order valence-corrected chi connectivity index (χ2v) is 10.6. The van der Waals surface area contributed by atoms with Gasteiger partial charge in [-0.15, -0.1) is 0 Å². The highest BCUT2D eigenvalue weighted by Crippen LogP contribution is 2.53. The maximum atomic E-state index is 13.4. The molecule has 0 spiro atoms. The monoisotopic (exact) mass is 524 g/mol. The number of fused-ring (bicyclic) bond motifs is 2. The van der Waals surface area contributed by atoms with Crippen molar-refractivity contribution >= 4 is 46.0 Å². The number of aryl methyl sites for hydroxylation is 1. The summed E-state index contributed by atoms with van der Waals surface area (Å²) in [7, 11) is 5.28. The Bertz CT molecular complexity index is 1490. The van der Waals surface area contributed by atoms with Crippen LogP contribution in [0.15, 0.2) is 29.1 Å². The Morgan fingerprint density at radius 2 is 1.86 bits per heavy atom. The van der Waals surface area contributed by atoms with Crippen LogP contribution in [-0.2, 0) is 11.8 Å². The zero-order valence-electron chi connectivity index (χ0n) is 21.3. The summed E-state index contributed by atoms with van der Waals surface area (Å²) in [4.78, 5) is 50.2. The second kappa shape index (κ2) is 9.02. The van der Waals surface area contributed by atoms with E-state index >= 15 is 0 Å². The molecule has 194 valence electrons. The molecule has 2 aliphatic rings. The Morgan fingerprint density at radius 3 is 2.49 bits per heavy atom. The predicted molar refractivity (Wildman–Crippen MR) is 141 cm³/mol. The summed E-state index contributed by atoms with van der Waals surface area (Å²) in [5.74, 6) is 0.115. The lowest BCUT2D eigenvalue weighted by atomic mass is 10.0. The first-order chi connectivity index (χ1) is 17.5. The number of hydrogen-bond donors (Lipinski definition) is 2. The Morgan fingerprint density at radius 1 is 1.19 bits per heavy atom. The lowest BCUT2D eigenvalue weighted by molar-refractivity contribution is -0.130. The number of carboxylic acids is 1. The van der Waals surface area contributed by atoms with E-state index in [1.165, 1.54) is 6.07 Å². The van der Waals surface area contributed by atoms with Crippen molar-refractivity contribution in [3.05, 3.63) is 56.6 Å². The number of piperidine rings is 1. The number of nitrogens with one attached hydrogen (secondary N) is 1. The summed E-state index contributed by atoms with van der Waals surface area (Å²) in [6, 6.07) is 6.49. The Hall–Kier alpha value is -3.66.